The fourth-order valence-corrected chi connectivity index (χ4v) is 6.81. The third kappa shape index (κ3) is 6.61. The molecule has 0 heterocycles. The molecule has 0 saturated carbocycles. The third-order valence-corrected chi connectivity index (χ3v) is 9.56. The Morgan fingerprint density at radius 2 is 0.562 bits per heavy atom. The lowest BCUT2D eigenvalue weighted by atomic mass is 9.83. The summed E-state index contributed by atoms with van der Waals surface area (Å²) in [5.41, 5.74) is 15.1. The molecule has 4 heteroatoms. The second kappa shape index (κ2) is 13.9. The Morgan fingerprint density at radius 3 is 0.792 bits per heavy atom. The van der Waals surface area contributed by atoms with E-state index in [1.807, 2.05) is 0 Å². The summed E-state index contributed by atoms with van der Waals surface area (Å²) in [6.45, 7) is 0. The number of hydrogen-bond donors (Lipinski definition) is 0. The predicted molar refractivity (Wildman–Crippen MR) is 208 cm³/mol. The number of benzene rings is 4. The number of anilines is 4. The molecule has 4 aromatic carbocycles. The van der Waals surface area contributed by atoms with Crippen LogP contribution in [0.25, 0.3) is 11.1 Å². The summed E-state index contributed by atoms with van der Waals surface area (Å²) < 4.78 is 0. The highest BCUT2D eigenvalue weighted by molar-refractivity contribution is 5.79. The van der Waals surface area contributed by atoms with Gasteiger partial charge in [0.25, 0.3) is 0 Å². The second-order valence-electron chi connectivity index (χ2n) is 13.6. The van der Waals surface area contributed by atoms with Gasteiger partial charge in [0.05, 0.1) is 0 Å². The molecule has 48 heavy (non-hydrogen) atoms. The van der Waals surface area contributed by atoms with E-state index in [0.29, 0.717) is 0 Å². The van der Waals surface area contributed by atoms with Crippen molar-refractivity contribution >= 4 is 22.7 Å². The molecule has 2 aliphatic rings. The lowest BCUT2D eigenvalue weighted by Crippen LogP contribution is -2.10. The summed E-state index contributed by atoms with van der Waals surface area (Å²) in [7, 11) is 16.8. The number of hydrogen-bond acceptors (Lipinski definition) is 4. The Hall–Kier alpha value is -5.22. The zero-order valence-electron chi connectivity index (χ0n) is 29.6. The van der Waals surface area contributed by atoms with Crippen LogP contribution in [-0.2, 0) is 0 Å². The molecule has 0 bridgehead atoms. The molecule has 0 unspecified atom stereocenters. The third-order valence-electron chi connectivity index (χ3n) is 9.56. The van der Waals surface area contributed by atoms with E-state index in [4.69, 9.17) is 0 Å². The maximum atomic E-state index is 2.50. The highest BCUT2D eigenvalue weighted by Crippen LogP contribution is 2.47. The van der Waals surface area contributed by atoms with Crippen molar-refractivity contribution in [3.8, 4) is 11.1 Å². The zero-order chi connectivity index (χ0) is 33.9. The fraction of sp³-hybridized carbons (Fsp3) is 0.227. The monoisotopic (exact) mass is 632 g/mol. The molecule has 0 amide bonds. The van der Waals surface area contributed by atoms with Gasteiger partial charge in [-0.1, -0.05) is 84.9 Å². The van der Waals surface area contributed by atoms with Gasteiger partial charge in [-0.15, -0.1) is 0 Å². The first kappa shape index (κ1) is 32.7. The molecule has 4 nitrogen and oxygen atoms in total. The first-order valence-electron chi connectivity index (χ1n) is 16.7. The lowest BCUT2D eigenvalue weighted by molar-refractivity contribution is 0.962. The Balaban J connectivity index is 1.59. The SMILES string of the molecule is CN(C)c1ccc(C(c2ccc(N(C)C)cc2)c2cc(C(c3ccc(N(C)C)cc3)c3ccc(N(C)C)cc3)c3cccccc2-3)cc1. The average molecular weight is 633 g/mol. The average Bonchev–Trinajstić information content (AvgIpc) is 3.24. The van der Waals surface area contributed by atoms with Gasteiger partial charge in [0.2, 0.25) is 0 Å². The molecule has 0 atom stereocenters. The molecule has 0 N–H and O–H groups in total. The van der Waals surface area contributed by atoms with Gasteiger partial charge in [-0.3, -0.25) is 0 Å². The second-order valence-corrected chi connectivity index (χ2v) is 13.6. The molecule has 4 aromatic rings. The van der Waals surface area contributed by atoms with E-state index in [9.17, 15) is 0 Å². The fourth-order valence-electron chi connectivity index (χ4n) is 6.81. The van der Waals surface area contributed by atoms with Gasteiger partial charge >= 0.3 is 0 Å². The van der Waals surface area contributed by atoms with Gasteiger partial charge in [-0.2, -0.15) is 0 Å². The normalized spacial score (nSPS) is 11.3. The van der Waals surface area contributed by atoms with Crippen molar-refractivity contribution in [2.45, 2.75) is 11.8 Å². The smallest absolute Gasteiger partial charge is 0.0361 e. The minimum atomic E-state index is 0.0592. The number of fused-ring (bicyclic) bond motifs is 1. The number of nitrogens with zero attached hydrogens (tertiary/aromatic N) is 4. The molecule has 6 rings (SSSR count). The molecule has 0 spiro atoms. The molecule has 0 aromatic heterocycles. The van der Waals surface area contributed by atoms with Crippen molar-refractivity contribution < 1.29 is 0 Å². The molecular weight excluding hydrogens is 585 g/mol. The molecule has 0 fully saturated rings. The topological polar surface area (TPSA) is 13.0 Å². The van der Waals surface area contributed by atoms with E-state index in [2.05, 4.69) is 209 Å². The van der Waals surface area contributed by atoms with Crippen molar-refractivity contribution in [2.75, 3.05) is 76.0 Å². The summed E-state index contributed by atoms with van der Waals surface area (Å²) >= 11 is 0. The summed E-state index contributed by atoms with van der Waals surface area (Å²) in [4.78, 5) is 8.64. The van der Waals surface area contributed by atoms with Gasteiger partial charge in [0, 0.05) is 91.0 Å². The Kier molecular flexibility index (Phi) is 9.45. The first-order chi connectivity index (χ1) is 23.1. The van der Waals surface area contributed by atoms with Crippen molar-refractivity contribution in [3.63, 3.8) is 0 Å². The van der Waals surface area contributed by atoms with Crippen LogP contribution in [-0.4, -0.2) is 56.4 Å². The minimum Gasteiger partial charge on any atom is -0.378 e. The van der Waals surface area contributed by atoms with E-state index >= 15 is 0 Å². The summed E-state index contributed by atoms with van der Waals surface area (Å²) in [5, 5.41) is 0. The minimum absolute atomic E-state index is 0.0592. The van der Waals surface area contributed by atoms with Crippen LogP contribution in [0.3, 0.4) is 0 Å². The van der Waals surface area contributed by atoms with Gasteiger partial charge in [0.1, 0.15) is 0 Å². The maximum Gasteiger partial charge on any atom is 0.0361 e. The van der Waals surface area contributed by atoms with Crippen molar-refractivity contribution in [1.82, 2.24) is 0 Å². The van der Waals surface area contributed by atoms with E-state index in [-0.39, 0.29) is 11.8 Å². The van der Waals surface area contributed by atoms with Gasteiger partial charge in [-0.25, -0.2) is 0 Å². The van der Waals surface area contributed by atoms with Gasteiger partial charge in [0.15, 0.2) is 0 Å². The molecule has 0 saturated heterocycles. The Bertz CT molecular complexity index is 1660. The molecule has 2 aliphatic carbocycles. The van der Waals surface area contributed by atoms with Crippen molar-refractivity contribution in [2.24, 2.45) is 0 Å². The maximum absolute atomic E-state index is 2.50. The molecule has 0 aliphatic heterocycles. The highest BCUT2D eigenvalue weighted by Gasteiger charge is 2.29. The highest BCUT2D eigenvalue weighted by atomic mass is 15.1. The predicted octanol–water partition coefficient (Wildman–Crippen LogP) is 9.42. The Labute approximate surface area is 287 Å². The Morgan fingerprint density at radius 1 is 0.312 bits per heavy atom. The zero-order valence-corrected chi connectivity index (χ0v) is 29.6. The van der Waals surface area contributed by atoms with Crippen LogP contribution in [0.15, 0.2) is 133 Å². The molecular formula is C44H48N4. The lowest BCUT2D eigenvalue weighted by Gasteiger charge is -2.22. The van der Waals surface area contributed by atoms with Crippen LogP contribution < -0.4 is 19.6 Å². The van der Waals surface area contributed by atoms with E-state index in [0.717, 1.165) is 0 Å². The standard InChI is InChI=1S/C44H48N4/c1-45(2)35-22-14-31(15-23-35)43(32-16-24-36(25-17-32)46(3)4)41-30-42(40-13-11-9-10-12-39(40)41)44(33-18-26-37(27-19-33)47(5)6)34-20-28-38(29-21-34)48(7)8/h9-30,43-44H,1-8H3. The van der Waals surface area contributed by atoms with Crippen LogP contribution in [0.1, 0.15) is 45.2 Å². The van der Waals surface area contributed by atoms with Crippen LogP contribution >= 0.6 is 0 Å². The number of rotatable bonds is 10. The van der Waals surface area contributed by atoms with Crippen molar-refractivity contribution in [1.29, 1.82) is 0 Å². The van der Waals surface area contributed by atoms with Crippen LogP contribution in [0.5, 0.6) is 0 Å². The molecule has 0 radical (unpaired) electrons. The summed E-state index contributed by atoms with van der Waals surface area (Å²) in [5.74, 6) is 0.118. The van der Waals surface area contributed by atoms with Gasteiger partial charge < -0.3 is 19.6 Å². The van der Waals surface area contributed by atoms with E-state index < -0.39 is 0 Å². The van der Waals surface area contributed by atoms with Crippen LogP contribution in [0, 0.1) is 0 Å². The van der Waals surface area contributed by atoms with E-state index in [1.54, 1.807) is 0 Å². The van der Waals surface area contributed by atoms with Crippen LogP contribution in [0.2, 0.25) is 0 Å². The largest absolute Gasteiger partial charge is 0.378 e. The quantitative estimate of drug-likeness (QED) is 0.149. The first-order valence-corrected chi connectivity index (χ1v) is 16.7. The van der Waals surface area contributed by atoms with E-state index in [1.165, 1.54) is 67.3 Å². The summed E-state index contributed by atoms with van der Waals surface area (Å²) in [6.07, 6.45) is 0. The van der Waals surface area contributed by atoms with Crippen LogP contribution in [0.4, 0.5) is 22.7 Å². The van der Waals surface area contributed by atoms with Crippen molar-refractivity contribution in [3.05, 3.63) is 167 Å². The molecule has 244 valence electrons. The van der Waals surface area contributed by atoms with Gasteiger partial charge in [-0.05, 0) is 93.0 Å². The summed E-state index contributed by atoms with van der Waals surface area (Å²) in [6, 6.07) is 50.0.